The van der Waals surface area contributed by atoms with Crippen molar-refractivity contribution in [2.45, 2.75) is 45.3 Å². The number of carbonyl (C=O) groups is 2. The number of nitrogens with zero attached hydrogens (tertiary/aromatic N) is 2. The van der Waals surface area contributed by atoms with Gasteiger partial charge in [0.1, 0.15) is 12.6 Å². The van der Waals surface area contributed by atoms with Crippen LogP contribution in [0.2, 0.25) is 15.1 Å². The second kappa shape index (κ2) is 14.2. The molecule has 2 atom stereocenters. The van der Waals surface area contributed by atoms with Crippen molar-refractivity contribution in [1.29, 1.82) is 0 Å². The third kappa shape index (κ3) is 8.86. The highest BCUT2D eigenvalue weighted by molar-refractivity contribution is 7.92. The maximum atomic E-state index is 14.1. The highest BCUT2D eigenvalue weighted by atomic mass is 35.5. The van der Waals surface area contributed by atoms with Gasteiger partial charge >= 0.3 is 0 Å². The van der Waals surface area contributed by atoms with E-state index in [0.717, 1.165) is 21.7 Å². The van der Waals surface area contributed by atoms with E-state index >= 15 is 0 Å². The summed E-state index contributed by atoms with van der Waals surface area (Å²) in [5.74, 6) is -0.914. The van der Waals surface area contributed by atoms with E-state index in [0.29, 0.717) is 16.5 Å². The molecule has 40 heavy (non-hydrogen) atoms. The summed E-state index contributed by atoms with van der Waals surface area (Å²) in [6.07, 6.45) is 1.92. The van der Waals surface area contributed by atoms with Crippen LogP contribution in [0.25, 0.3) is 0 Å². The first kappa shape index (κ1) is 31.7. The minimum atomic E-state index is -3.95. The Kier molecular flexibility index (Phi) is 11.3. The summed E-state index contributed by atoms with van der Waals surface area (Å²) >= 11 is 18.4. The van der Waals surface area contributed by atoms with Crippen LogP contribution in [0.5, 0.6) is 0 Å². The topological polar surface area (TPSA) is 86.8 Å². The molecule has 11 heteroatoms. The smallest absolute Gasteiger partial charge is 0.244 e. The van der Waals surface area contributed by atoms with Crippen molar-refractivity contribution >= 4 is 62.3 Å². The first-order valence-corrected chi connectivity index (χ1v) is 15.7. The third-order valence-electron chi connectivity index (χ3n) is 6.40. The highest BCUT2D eigenvalue weighted by Gasteiger charge is 2.33. The molecule has 0 radical (unpaired) electrons. The molecule has 7 nitrogen and oxygen atoms in total. The number of hydrogen-bond acceptors (Lipinski definition) is 4. The second-order valence-corrected chi connectivity index (χ2v) is 12.7. The van der Waals surface area contributed by atoms with Crippen molar-refractivity contribution in [2.75, 3.05) is 17.1 Å². The van der Waals surface area contributed by atoms with Gasteiger partial charge < -0.3 is 10.2 Å². The molecule has 214 valence electrons. The van der Waals surface area contributed by atoms with Gasteiger partial charge in [-0.2, -0.15) is 0 Å². The average molecular weight is 625 g/mol. The lowest BCUT2D eigenvalue weighted by molar-refractivity contribution is -0.140. The zero-order valence-electron chi connectivity index (χ0n) is 22.5. The molecule has 3 rings (SSSR count). The Balaban J connectivity index is 2.07. The van der Waals surface area contributed by atoms with Crippen molar-refractivity contribution in [3.8, 4) is 0 Å². The van der Waals surface area contributed by atoms with Crippen LogP contribution < -0.4 is 9.62 Å². The van der Waals surface area contributed by atoms with Crippen molar-refractivity contribution in [1.82, 2.24) is 10.2 Å². The normalized spacial score (nSPS) is 12.8. The van der Waals surface area contributed by atoms with Gasteiger partial charge in [0.2, 0.25) is 21.8 Å². The Hall–Kier alpha value is -2.78. The number of hydrogen-bond donors (Lipinski definition) is 1. The van der Waals surface area contributed by atoms with E-state index in [4.69, 9.17) is 34.8 Å². The molecule has 0 aliphatic carbocycles. The number of benzene rings is 3. The number of carbonyl (C=O) groups excluding carboxylic acids is 2. The van der Waals surface area contributed by atoms with E-state index in [1.54, 1.807) is 24.3 Å². The Morgan fingerprint density at radius 3 is 2.10 bits per heavy atom. The molecule has 0 saturated carbocycles. The van der Waals surface area contributed by atoms with Crippen LogP contribution >= 0.6 is 34.8 Å². The van der Waals surface area contributed by atoms with E-state index in [1.165, 1.54) is 23.1 Å². The number of halogens is 3. The molecule has 1 N–H and O–H groups in total. The predicted octanol–water partition coefficient (Wildman–Crippen LogP) is 5.97. The minimum absolute atomic E-state index is 0.0490. The van der Waals surface area contributed by atoms with Crippen LogP contribution in [-0.4, -0.2) is 50.0 Å². The number of sulfonamides is 1. The number of anilines is 1. The predicted molar refractivity (Wildman–Crippen MR) is 162 cm³/mol. The van der Waals surface area contributed by atoms with Gasteiger partial charge in [0, 0.05) is 29.1 Å². The lowest BCUT2D eigenvalue weighted by atomic mass is 10.0. The molecule has 0 saturated heterocycles. The Bertz CT molecular complexity index is 1420. The number of amides is 2. The van der Waals surface area contributed by atoms with E-state index in [1.807, 2.05) is 44.2 Å². The SMILES string of the molecule is CCC(C)NC(=O)C(Cc1ccccc1)N(Cc1ccc(Cl)cc1)C(=O)CN(c1ccc(Cl)cc1Cl)S(C)(=O)=O. The molecule has 0 bridgehead atoms. The standard InChI is InChI=1S/C29H32Cl3N3O4S/c1-4-20(2)33-29(37)27(16-21-8-6-5-7-9-21)34(18-22-10-12-23(30)13-11-22)28(36)19-35(40(3,38)39)26-15-14-24(31)17-25(26)32/h5-15,17,20,27H,4,16,18-19H2,1-3H3,(H,33,37). The van der Waals surface area contributed by atoms with E-state index in [2.05, 4.69) is 5.32 Å². The Morgan fingerprint density at radius 2 is 1.52 bits per heavy atom. The average Bonchev–Trinajstić information content (AvgIpc) is 2.90. The summed E-state index contributed by atoms with van der Waals surface area (Å²) in [6, 6.07) is 19.6. The molecule has 3 aromatic carbocycles. The van der Waals surface area contributed by atoms with Crippen molar-refractivity contribution in [3.05, 3.63) is 99.0 Å². The Labute approximate surface area is 251 Å². The van der Waals surface area contributed by atoms with Crippen molar-refractivity contribution in [2.24, 2.45) is 0 Å². The molecule has 0 aliphatic rings. The Morgan fingerprint density at radius 1 is 0.900 bits per heavy atom. The van der Waals surface area contributed by atoms with Crippen LogP contribution in [0.4, 0.5) is 5.69 Å². The van der Waals surface area contributed by atoms with E-state index in [-0.39, 0.29) is 35.6 Å². The van der Waals surface area contributed by atoms with E-state index < -0.39 is 28.5 Å². The minimum Gasteiger partial charge on any atom is -0.352 e. The lowest BCUT2D eigenvalue weighted by Gasteiger charge is -2.34. The van der Waals surface area contributed by atoms with Crippen LogP contribution in [-0.2, 0) is 32.6 Å². The first-order chi connectivity index (χ1) is 18.9. The molecule has 0 aliphatic heterocycles. The summed E-state index contributed by atoms with van der Waals surface area (Å²) in [5, 5.41) is 3.91. The second-order valence-electron chi connectivity index (χ2n) is 9.54. The van der Waals surface area contributed by atoms with Crippen molar-refractivity contribution in [3.63, 3.8) is 0 Å². The van der Waals surface area contributed by atoms with Gasteiger partial charge in [-0.3, -0.25) is 13.9 Å². The van der Waals surface area contributed by atoms with Crippen LogP contribution in [0.1, 0.15) is 31.4 Å². The van der Waals surface area contributed by atoms with Crippen LogP contribution in [0, 0.1) is 0 Å². The fourth-order valence-electron chi connectivity index (χ4n) is 4.06. The first-order valence-electron chi connectivity index (χ1n) is 12.7. The van der Waals surface area contributed by atoms with Gasteiger partial charge in [-0.05, 0) is 54.8 Å². The summed E-state index contributed by atoms with van der Waals surface area (Å²) < 4.78 is 26.7. The fraction of sp³-hybridized carbons (Fsp3) is 0.310. The maximum absolute atomic E-state index is 14.1. The number of rotatable bonds is 12. The lowest BCUT2D eigenvalue weighted by Crippen LogP contribution is -2.54. The van der Waals surface area contributed by atoms with Gasteiger partial charge in [0.15, 0.2) is 0 Å². The maximum Gasteiger partial charge on any atom is 0.244 e. The molecule has 2 unspecified atom stereocenters. The summed E-state index contributed by atoms with van der Waals surface area (Å²) in [6.45, 7) is 3.31. The van der Waals surface area contributed by atoms with Crippen LogP contribution in [0.3, 0.4) is 0 Å². The van der Waals surface area contributed by atoms with Gasteiger partial charge in [-0.15, -0.1) is 0 Å². The molecule has 2 amide bonds. The molecule has 3 aromatic rings. The molecular formula is C29H32Cl3N3O4S. The summed E-state index contributed by atoms with van der Waals surface area (Å²) in [4.78, 5) is 29.1. The fourth-order valence-corrected chi connectivity index (χ4v) is 5.61. The highest BCUT2D eigenvalue weighted by Crippen LogP contribution is 2.30. The van der Waals surface area contributed by atoms with E-state index in [9.17, 15) is 18.0 Å². The molecule has 0 heterocycles. The monoisotopic (exact) mass is 623 g/mol. The number of nitrogens with one attached hydrogen (secondary N) is 1. The van der Waals surface area contributed by atoms with Gasteiger partial charge in [-0.1, -0.05) is 84.2 Å². The molecule has 0 fully saturated rings. The third-order valence-corrected chi connectivity index (χ3v) is 8.31. The summed E-state index contributed by atoms with van der Waals surface area (Å²) in [5.41, 5.74) is 1.68. The zero-order chi connectivity index (χ0) is 29.4. The molecule has 0 aromatic heterocycles. The quantitative estimate of drug-likeness (QED) is 0.269. The molecular weight excluding hydrogens is 593 g/mol. The zero-order valence-corrected chi connectivity index (χ0v) is 25.6. The largest absolute Gasteiger partial charge is 0.352 e. The summed E-state index contributed by atoms with van der Waals surface area (Å²) in [7, 11) is -3.95. The van der Waals surface area contributed by atoms with Gasteiger partial charge in [0.05, 0.1) is 17.0 Å². The molecule has 0 spiro atoms. The van der Waals surface area contributed by atoms with Crippen LogP contribution in [0.15, 0.2) is 72.8 Å². The van der Waals surface area contributed by atoms with Gasteiger partial charge in [0.25, 0.3) is 0 Å². The van der Waals surface area contributed by atoms with Gasteiger partial charge in [-0.25, -0.2) is 8.42 Å². The van der Waals surface area contributed by atoms with Crippen molar-refractivity contribution < 1.29 is 18.0 Å².